The van der Waals surface area contributed by atoms with E-state index in [1.807, 2.05) is 12.1 Å². The van der Waals surface area contributed by atoms with Gasteiger partial charge in [-0.3, -0.25) is 4.79 Å². The highest BCUT2D eigenvalue weighted by molar-refractivity contribution is 9.10. The molecule has 0 bridgehead atoms. The van der Waals surface area contributed by atoms with Gasteiger partial charge in [-0.2, -0.15) is 0 Å². The molecule has 0 heterocycles. The van der Waals surface area contributed by atoms with Crippen molar-refractivity contribution in [3.8, 4) is 0 Å². The highest BCUT2D eigenvalue weighted by Crippen LogP contribution is 2.20. The van der Waals surface area contributed by atoms with Crippen molar-refractivity contribution in [3.63, 3.8) is 0 Å². The Labute approximate surface area is 110 Å². The second-order valence-electron chi connectivity index (χ2n) is 4.48. The summed E-state index contributed by atoms with van der Waals surface area (Å²) in [5.41, 5.74) is 2.27. The van der Waals surface area contributed by atoms with E-state index < -0.39 is 0 Å². The Balaban J connectivity index is 1.75. The number of benzene rings is 1. The molecule has 0 unspecified atom stereocenters. The van der Waals surface area contributed by atoms with E-state index in [-0.39, 0.29) is 5.91 Å². The molecule has 0 atom stereocenters. The third kappa shape index (κ3) is 4.04. The van der Waals surface area contributed by atoms with Gasteiger partial charge in [0.15, 0.2) is 0 Å². The second-order valence-corrected chi connectivity index (χ2v) is 5.39. The van der Waals surface area contributed by atoms with Gasteiger partial charge in [0, 0.05) is 29.2 Å². The van der Waals surface area contributed by atoms with E-state index in [1.54, 1.807) is 0 Å². The van der Waals surface area contributed by atoms with Crippen molar-refractivity contribution in [2.75, 3.05) is 11.9 Å². The first kappa shape index (κ1) is 12.4. The fraction of sp³-hybridized carbons (Fsp3) is 0.462. The number of halogens is 1. The minimum absolute atomic E-state index is 0.148. The van der Waals surface area contributed by atoms with Gasteiger partial charge in [-0.25, -0.2) is 0 Å². The number of hydrogen-bond acceptors (Lipinski definition) is 2. The van der Waals surface area contributed by atoms with Crippen LogP contribution in [0.1, 0.15) is 24.8 Å². The highest BCUT2D eigenvalue weighted by atomic mass is 79.9. The molecule has 0 radical (unpaired) electrons. The highest BCUT2D eigenvalue weighted by Gasteiger charge is 2.22. The van der Waals surface area contributed by atoms with E-state index in [2.05, 4.69) is 39.6 Å². The maximum Gasteiger partial charge on any atom is 0.221 e. The van der Waals surface area contributed by atoms with E-state index in [0.717, 1.165) is 23.0 Å². The molecule has 2 N–H and O–H groups in total. The van der Waals surface area contributed by atoms with Crippen molar-refractivity contribution in [2.24, 2.45) is 0 Å². The van der Waals surface area contributed by atoms with Crippen LogP contribution in [0.15, 0.2) is 22.7 Å². The Morgan fingerprint density at radius 2 is 2.24 bits per heavy atom. The molecule has 1 aromatic rings. The molecule has 1 fully saturated rings. The summed E-state index contributed by atoms with van der Waals surface area (Å²) in [5, 5.41) is 6.26. The molecular formula is C13H17BrN2O. The van der Waals surface area contributed by atoms with E-state index >= 15 is 0 Å². The summed E-state index contributed by atoms with van der Waals surface area (Å²) in [7, 11) is 0. The molecule has 0 saturated heterocycles. The number of carbonyl (C=O) groups is 1. The van der Waals surface area contributed by atoms with Crippen molar-refractivity contribution in [2.45, 2.75) is 32.2 Å². The van der Waals surface area contributed by atoms with Crippen LogP contribution in [0.25, 0.3) is 0 Å². The molecule has 0 aliphatic heterocycles. The lowest BCUT2D eigenvalue weighted by molar-refractivity contribution is -0.120. The number of nitrogens with one attached hydrogen (secondary N) is 2. The molecule has 1 amide bonds. The van der Waals surface area contributed by atoms with Crippen molar-refractivity contribution >= 4 is 27.5 Å². The van der Waals surface area contributed by atoms with Gasteiger partial charge in [-0.05, 0) is 43.5 Å². The molecule has 4 heteroatoms. The third-order valence-electron chi connectivity index (χ3n) is 2.80. The lowest BCUT2D eigenvalue weighted by Crippen LogP contribution is -2.27. The molecule has 3 nitrogen and oxygen atoms in total. The molecule has 0 aromatic heterocycles. The fourth-order valence-corrected chi connectivity index (χ4v) is 2.14. The predicted molar refractivity (Wildman–Crippen MR) is 73.2 cm³/mol. The SMILES string of the molecule is Cc1cc(Br)ccc1NCCC(=O)NC1CC1. The standard InChI is InChI=1S/C13H17BrN2O/c1-9-8-10(14)2-5-12(9)15-7-6-13(17)16-11-3-4-11/h2,5,8,11,15H,3-4,6-7H2,1H3,(H,16,17). The van der Waals surface area contributed by atoms with Gasteiger partial charge < -0.3 is 10.6 Å². The molecule has 1 aromatic carbocycles. The largest absolute Gasteiger partial charge is 0.384 e. The minimum atomic E-state index is 0.148. The first-order valence-corrected chi connectivity index (χ1v) is 6.74. The molecule has 1 aliphatic rings. The van der Waals surface area contributed by atoms with Crippen LogP contribution in [0.5, 0.6) is 0 Å². The van der Waals surface area contributed by atoms with Crippen LogP contribution in [0.3, 0.4) is 0 Å². The number of anilines is 1. The van der Waals surface area contributed by atoms with Crippen LogP contribution >= 0.6 is 15.9 Å². The zero-order chi connectivity index (χ0) is 12.3. The van der Waals surface area contributed by atoms with Gasteiger partial charge in [0.1, 0.15) is 0 Å². The Morgan fingerprint density at radius 1 is 1.47 bits per heavy atom. The first-order chi connectivity index (χ1) is 8.15. The van der Waals surface area contributed by atoms with Gasteiger partial charge in [0.05, 0.1) is 0 Å². The zero-order valence-corrected chi connectivity index (χ0v) is 11.5. The topological polar surface area (TPSA) is 41.1 Å². The van der Waals surface area contributed by atoms with E-state index in [4.69, 9.17) is 0 Å². The monoisotopic (exact) mass is 296 g/mol. The van der Waals surface area contributed by atoms with Crippen LogP contribution < -0.4 is 10.6 Å². The summed E-state index contributed by atoms with van der Waals surface area (Å²) < 4.78 is 1.08. The van der Waals surface area contributed by atoms with Crippen molar-refractivity contribution < 1.29 is 4.79 Å². The van der Waals surface area contributed by atoms with Crippen molar-refractivity contribution in [3.05, 3.63) is 28.2 Å². The molecule has 1 aliphatic carbocycles. The molecule has 1 saturated carbocycles. The summed E-state index contributed by atoms with van der Waals surface area (Å²) in [6.45, 7) is 2.73. The van der Waals surface area contributed by atoms with Crippen LogP contribution in [0, 0.1) is 6.92 Å². The normalized spacial score (nSPS) is 14.5. The lowest BCUT2D eigenvalue weighted by atomic mass is 10.2. The quantitative estimate of drug-likeness (QED) is 0.877. The Bertz CT molecular complexity index is 416. The predicted octanol–water partition coefficient (Wildman–Crippen LogP) is 2.84. The number of aryl methyl sites for hydroxylation is 1. The molecular weight excluding hydrogens is 280 g/mol. The first-order valence-electron chi connectivity index (χ1n) is 5.94. The molecule has 0 spiro atoms. The molecule has 92 valence electrons. The number of hydrogen-bond donors (Lipinski definition) is 2. The van der Waals surface area contributed by atoms with Gasteiger partial charge >= 0.3 is 0 Å². The fourth-order valence-electron chi connectivity index (χ4n) is 1.66. The van der Waals surface area contributed by atoms with E-state index in [9.17, 15) is 4.79 Å². The van der Waals surface area contributed by atoms with Gasteiger partial charge in [0.2, 0.25) is 5.91 Å². The van der Waals surface area contributed by atoms with Crippen LogP contribution in [0.2, 0.25) is 0 Å². The van der Waals surface area contributed by atoms with Crippen LogP contribution in [0.4, 0.5) is 5.69 Å². The zero-order valence-electron chi connectivity index (χ0n) is 9.92. The van der Waals surface area contributed by atoms with E-state index in [1.165, 1.54) is 5.56 Å². The molecule has 17 heavy (non-hydrogen) atoms. The summed E-state index contributed by atoms with van der Waals surface area (Å²) in [5.74, 6) is 0.148. The maximum absolute atomic E-state index is 11.5. The average molecular weight is 297 g/mol. The Kier molecular flexibility index (Phi) is 4.05. The lowest BCUT2D eigenvalue weighted by Gasteiger charge is -2.09. The summed E-state index contributed by atoms with van der Waals surface area (Å²) in [6, 6.07) is 6.54. The van der Waals surface area contributed by atoms with Crippen molar-refractivity contribution in [1.82, 2.24) is 5.32 Å². The number of amides is 1. The number of carbonyl (C=O) groups excluding carboxylic acids is 1. The number of rotatable bonds is 5. The minimum Gasteiger partial charge on any atom is -0.384 e. The van der Waals surface area contributed by atoms with Crippen LogP contribution in [-0.4, -0.2) is 18.5 Å². The summed E-state index contributed by atoms with van der Waals surface area (Å²) in [6.07, 6.45) is 2.82. The van der Waals surface area contributed by atoms with Gasteiger partial charge in [-0.15, -0.1) is 0 Å². The van der Waals surface area contributed by atoms with Gasteiger partial charge in [-0.1, -0.05) is 15.9 Å². The van der Waals surface area contributed by atoms with E-state index in [0.29, 0.717) is 19.0 Å². The average Bonchev–Trinajstić information content (AvgIpc) is 3.05. The van der Waals surface area contributed by atoms with Crippen molar-refractivity contribution in [1.29, 1.82) is 0 Å². The summed E-state index contributed by atoms with van der Waals surface area (Å²) >= 11 is 3.43. The maximum atomic E-state index is 11.5. The Morgan fingerprint density at radius 3 is 2.88 bits per heavy atom. The van der Waals surface area contributed by atoms with Crippen LogP contribution in [-0.2, 0) is 4.79 Å². The Hall–Kier alpha value is -1.03. The van der Waals surface area contributed by atoms with Gasteiger partial charge in [0.25, 0.3) is 0 Å². The second kappa shape index (κ2) is 5.54. The third-order valence-corrected chi connectivity index (χ3v) is 3.29. The summed E-state index contributed by atoms with van der Waals surface area (Å²) in [4.78, 5) is 11.5. The molecule has 2 rings (SSSR count). The smallest absolute Gasteiger partial charge is 0.221 e.